The number of carbonyl (C=O) groups is 2. The molecular formula is C9H13NO2. The van der Waals surface area contributed by atoms with Gasteiger partial charge in [0.05, 0.1) is 0 Å². The quantitative estimate of drug-likeness (QED) is 0.536. The summed E-state index contributed by atoms with van der Waals surface area (Å²) < 4.78 is 0. The van der Waals surface area contributed by atoms with E-state index in [4.69, 9.17) is 0 Å². The number of aldehydes is 1. The van der Waals surface area contributed by atoms with Crippen molar-refractivity contribution < 1.29 is 9.59 Å². The fourth-order valence-corrected chi connectivity index (χ4v) is 2.24. The highest BCUT2D eigenvalue weighted by atomic mass is 16.2. The summed E-state index contributed by atoms with van der Waals surface area (Å²) in [5.41, 5.74) is 0. The van der Waals surface area contributed by atoms with Gasteiger partial charge in [-0.3, -0.25) is 4.79 Å². The van der Waals surface area contributed by atoms with Gasteiger partial charge in [0.1, 0.15) is 6.29 Å². The summed E-state index contributed by atoms with van der Waals surface area (Å²) in [6, 6.07) is 0.376. The third-order valence-electron chi connectivity index (χ3n) is 2.96. The van der Waals surface area contributed by atoms with Crippen molar-refractivity contribution >= 4 is 12.2 Å². The van der Waals surface area contributed by atoms with Crippen LogP contribution in [0.1, 0.15) is 25.7 Å². The van der Waals surface area contributed by atoms with Crippen LogP contribution in [-0.2, 0) is 9.59 Å². The molecule has 0 spiro atoms. The molecule has 2 aliphatic rings. The Balaban J connectivity index is 2.03. The molecule has 0 bridgehead atoms. The number of fused-ring (bicyclic) bond motifs is 1. The van der Waals surface area contributed by atoms with E-state index in [0.717, 1.165) is 32.1 Å². The molecule has 0 saturated carbocycles. The summed E-state index contributed by atoms with van der Waals surface area (Å²) in [6.07, 6.45) is 4.46. The number of piperidine rings is 1. The van der Waals surface area contributed by atoms with Crippen LogP contribution >= 0.6 is 0 Å². The Morgan fingerprint density at radius 2 is 2.25 bits per heavy atom. The second kappa shape index (κ2) is 2.88. The van der Waals surface area contributed by atoms with E-state index in [2.05, 4.69) is 0 Å². The molecule has 2 rings (SSSR count). The van der Waals surface area contributed by atoms with Gasteiger partial charge in [0.15, 0.2) is 0 Å². The van der Waals surface area contributed by atoms with E-state index in [1.54, 1.807) is 0 Å². The molecular weight excluding hydrogens is 154 g/mol. The van der Waals surface area contributed by atoms with Crippen molar-refractivity contribution in [3.05, 3.63) is 0 Å². The molecule has 0 radical (unpaired) electrons. The highest BCUT2D eigenvalue weighted by molar-refractivity contribution is 5.79. The molecule has 0 aromatic rings. The van der Waals surface area contributed by atoms with Crippen LogP contribution in [0.15, 0.2) is 0 Å². The molecule has 12 heavy (non-hydrogen) atoms. The van der Waals surface area contributed by atoms with Gasteiger partial charge in [0.25, 0.3) is 0 Å². The van der Waals surface area contributed by atoms with Crippen LogP contribution in [0.2, 0.25) is 0 Å². The van der Waals surface area contributed by atoms with Crippen LogP contribution in [0.5, 0.6) is 0 Å². The van der Waals surface area contributed by atoms with Crippen LogP contribution in [0.3, 0.4) is 0 Å². The van der Waals surface area contributed by atoms with E-state index >= 15 is 0 Å². The molecule has 0 N–H and O–H groups in total. The zero-order valence-corrected chi connectivity index (χ0v) is 7.03. The molecule has 2 saturated heterocycles. The molecule has 2 unspecified atom stereocenters. The summed E-state index contributed by atoms with van der Waals surface area (Å²) in [5, 5.41) is 0. The van der Waals surface area contributed by atoms with Crippen LogP contribution < -0.4 is 0 Å². The first kappa shape index (κ1) is 7.77. The highest BCUT2D eigenvalue weighted by Gasteiger charge is 2.35. The molecule has 2 fully saturated rings. The normalized spacial score (nSPS) is 35.0. The Kier molecular flexibility index (Phi) is 1.87. The maximum Gasteiger partial charge on any atom is 0.222 e. The molecule has 0 aromatic carbocycles. The van der Waals surface area contributed by atoms with Crippen LogP contribution in [0.4, 0.5) is 0 Å². The molecule has 3 nitrogen and oxygen atoms in total. The van der Waals surface area contributed by atoms with E-state index in [9.17, 15) is 9.59 Å². The molecule has 0 aromatic heterocycles. The summed E-state index contributed by atoms with van der Waals surface area (Å²) in [7, 11) is 0. The first-order valence-electron chi connectivity index (χ1n) is 4.56. The lowest BCUT2D eigenvalue weighted by Gasteiger charge is -2.32. The standard InChI is InChI=1S/C9H13NO2/c11-6-7-3-4-10-8(5-7)1-2-9(10)12/h6-8H,1-5H2. The lowest BCUT2D eigenvalue weighted by atomic mass is 9.92. The van der Waals surface area contributed by atoms with Gasteiger partial charge >= 0.3 is 0 Å². The predicted molar refractivity (Wildman–Crippen MR) is 43.5 cm³/mol. The average molecular weight is 167 g/mol. The minimum Gasteiger partial charge on any atom is -0.340 e. The van der Waals surface area contributed by atoms with Crippen molar-refractivity contribution in [2.24, 2.45) is 5.92 Å². The van der Waals surface area contributed by atoms with Crippen LogP contribution in [-0.4, -0.2) is 29.7 Å². The topological polar surface area (TPSA) is 37.4 Å². The molecule has 2 aliphatic heterocycles. The molecule has 2 heterocycles. The molecule has 3 heteroatoms. The van der Waals surface area contributed by atoms with Gasteiger partial charge < -0.3 is 9.69 Å². The number of amides is 1. The molecule has 66 valence electrons. The van der Waals surface area contributed by atoms with E-state index in [0.29, 0.717) is 12.5 Å². The summed E-state index contributed by atoms with van der Waals surface area (Å²) in [4.78, 5) is 23.7. The maximum absolute atomic E-state index is 11.2. The van der Waals surface area contributed by atoms with E-state index in [1.807, 2.05) is 4.90 Å². The average Bonchev–Trinajstić information content (AvgIpc) is 2.47. The van der Waals surface area contributed by atoms with Gasteiger partial charge in [-0.15, -0.1) is 0 Å². The second-order valence-corrected chi connectivity index (χ2v) is 3.70. The molecule has 2 atom stereocenters. The number of nitrogens with zero attached hydrogens (tertiary/aromatic N) is 1. The van der Waals surface area contributed by atoms with Crippen molar-refractivity contribution in [1.82, 2.24) is 4.90 Å². The van der Waals surface area contributed by atoms with E-state index in [1.165, 1.54) is 0 Å². The third kappa shape index (κ3) is 1.13. The minimum atomic E-state index is 0.206. The SMILES string of the molecule is O=CC1CCN2C(=O)CCC2C1. The number of hydrogen-bond acceptors (Lipinski definition) is 2. The zero-order valence-electron chi connectivity index (χ0n) is 7.03. The van der Waals surface area contributed by atoms with Crippen LogP contribution in [0, 0.1) is 5.92 Å². The van der Waals surface area contributed by atoms with Gasteiger partial charge in [-0.1, -0.05) is 0 Å². The smallest absolute Gasteiger partial charge is 0.222 e. The third-order valence-corrected chi connectivity index (χ3v) is 2.96. The first-order chi connectivity index (χ1) is 5.81. The fraction of sp³-hybridized carbons (Fsp3) is 0.778. The largest absolute Gasteiger partial charge is 0.340 e. The summed E-state index contributed by atoms with van der Waals surface area (Å²) >= 11 is 0. The molecule has 0 aliphatic carbocycles. The van der Waals surface area contributed by atoms with Gasteiger partial charge in [0.2, 0.25) is 5.91 Å². The minimum absolute atomic E-state index is 0.206. The lowest BCUT2D eigenvalue weighted by Crippen LogP contribution is -2.40. The van der Waals surface area contributed by atoms with Gasteiger partial charge in [-0.05, 0) is 19.3 Å². The highest BCUT2D eigenvalue weighted by Crippen LogP contribution is 2.29. The Morgan fingerprint density at radius 1 is 1.42 bits per heavy atom. The Bertz CT molecular complexity index is 215. The monoisotopic (exact) mass is 167 g/mol. The van der Waals surface area contributed by atoms with Crippen molar-refractivity contribution in [2.75, 3.05) is 6.54 Å². The predicted octanol–water partition coefficient (Wildman–Crippen LogP) is 0.586. The van der Waals surface area contributed by atoms with Crippen LogP contribution in [0.25, 0.3) is 0 Å². The van der Waals surface area contributed by atoms with E-state index in [-0.39, 0.29) is 11.8 Å². The maximum atomic E-state index is 11.2. The zero-order chi connectivity index (χ0) is 8.55. The second-order valence-electron chi connectivity index (χ2n) is 3.70. The Labute approximate surface area is 71.7 Å². The summed E-state index contributed by atoms with van der Waals surface area (Å²) in [6.45, 7) is 0.799. The lowest BCUT2D eigenvalue weighted by molar-refractivity contribution is -0.131. The Hall–Kier alpha value is -0.860. The summed E-state index contributed by atoms with van der Waals surface area (Å²) in [5.74, 6) is 0.487. The first-order valence-corrected chi connectivity index (χ1v) is 4.56. The number of hydrogen-bond donors (Lipinski definition) is 0. The fourth-order valence-electron chi connectivity index (χ4n) is 2.24. The van der Waals surface area contributed by atoms with Crippen molar-refractivity contribution in [3.8, 4) is 0 Å². The number of rotatable bonds is 1. The molecule has 1 amide bonds. The van der Waals surface area contributed by atoms with Crippen molar-refractivity contribution in [2.45, 2.75) is 31.7 Å². The van der Waals surface area contributed by atoms with E-state index < -0.39 is 0 Å². The van der Waals surface area contributed by atoms with Gasteiger partial charge in [0, 0.05) is 24.9 Å². The Morgan fingerprint density at radius 3 is 3.00 bits per heavy atom. The van der Waals surface area contributed by atoms with Crippen molar-refractivity contribution in [1.29, 1.82) is 0 Å². The van der Waals surface area contributed by atoms with Gasteiger partial charge in [-0.2, -0.15) is 0 Å². The van der Waals surface area contributed by atoms with Gasteiger partial charge in [-0.25, -0.2) is 0 Å². The van der Waals surface area contributed by atoms with Crippen molar-refractivity contribution in [3.63, 3.8) is 0 Å². The number of carbonyl (C=O) groups excluding carboxylic acids is 2.